The molecule has 16 heavy (non-hydrogen) atoms. The van der Waals surface area contributed by atoms with Crippen LogP contribution in [0.15, 0.2) is 18.2 Å². The number of benzene rings is 1. The Morgan fingerprint density at radius 2 is 2.31 bits per heavy atom. The molecule has 0 atom stereocenters. The zero-order chi connectivity index (χ0) is 11.0. The smallest absolute Gasteiger partial charge is 0.136 e. The van der Waals surface area contributed by atoms with Gasteiger partial charge in [0.1, 0.15) is 5.52 Å². The zero-order valence-electron chi connectivity index (χ0n) is 8.97. The molecule has 0 bridgehead atoms. The van der Waals surface area contributed by atoms with Crippen LogP contribution in [0.4, 0.5) is 5.69 Å². The zero-order valence-corrected chi connectivity index (χ0v) is 8.97. The van der Waals surface area contributed by atoms with E-state index < -0.39 is 0 Å². The predicted molar refractivity (Wildman–Crippen MR) is 60.9 cm³/mol. The number of anilines is 1. The number of ether oxygens (including phenoxy) is 1. The van der Waals surface area contributed by atoms with E-state index in [0.717, 1.165) is 17.6 Å². The number of nitrogens with zero attached hydrogens (tertiary/aromatic N) is 3. The van der Waals surface area contributed by atoms with Crippen molar-refractivity contribution in [3.05, 3.63) is 18.2 Å². The molecule has 1 heterocycles. The topological polar surface area (TPSA) is 66.0 Å². The Hall–Kier alpha value is -1.62. The molecule has 1 aromatic heterocycles. The molecule has 1 aliphatic rings. The van der Waals surface area contributed by atoms with Crippen molar-refractivity contribution >= 4 is 16.7 Å². The van der Waals surface area contributed by atoms with Crippen LogP contribution in [0, 0.1) is 0 Å². The molecule has 0 spiro atoms. The van der Waals surface area contributed by atoms with E-state index in [1.165, 1.54) is 12.8 Å². The molecule has 0 aliphatic heterocycles. The van der Waals surface area contributed by atoms with Crippen molar-refractivity contribution in [1.82, 2.24) is 15.0 Å². The van der Waals surface area contributed by atoms with E-state index in [2.05, 4.69) is 10.3 Å². The summed E-state index contributed by atoms with van der Waals surface area (Å²) in [5, 5.41) is 8.14. The first-order chi connectivity index (χ1) is 7.84. The minimum atomic E-state index is 0.486. The van der Waals surface area contributed by atoms with E-state index >= 15 is 0 Å². The molecule has 84 valence electrons. The summed E-state index contributed by atoms with van der Waals surface area (Å²) in [6.45, 7) is 1.42. The Balaban J connectivity index is 1.77. The molecule has 2 N–H and O–H groups in total. The van der Waals surface area contributed by atoms with Crippen LogP contribution in [0.25, 0.3) is 11.0 Å². The summed E-state index contributed by atoms with van der Waals surface area (Å²) >= 11 is 0. The van der Waals surface area contributed by atoms with Gasteiger partial charge < -0.3 is 10.5 Å². The van der Waals surface area contributed by atoms with Gasteiger partial charge in [-0.25, -0.2) is 4.68 Å². The van der Waals surface area contributed by atoms with Crippen LogP contribution in [0.1, 0.15) is 12.8 Å². The van der Waals surface area contributed by atoms with Gasteiger partial charge in [0.2, 0.25) is 0 Å². The van der Waals surface area contributed by atoms with Crippen molar-refractivity contribution in [3.63, 3.8) is 0 Å². The lowest BCUT2D eigenvalue weighted by atomic mass is 10.3. The quantitative estimate of drug-likeness (QED) is 0.783. The summed E-state index contributed by atoms with van der Waals surface area (Å²) in [7, 11) is 0. The van der Waals surface area contributed by atoms with Gasteiger partial charge in [-0.3, -0.25) is 0 Å². The fourth-order valence-corrected chi connectivity index (χ4v) is 1.72. The third kappa shape index (κ3) is 1.74. The van der Waals surface area contributed by atoms with Crippen molar-refractivity contribution in [2.45, 2.75) is 25.5 Å². The highest BCUT2D eigenvalue weighted by Crippen LogP contribution is 2.23. The van der Waals surface area contributed by atoms with E-state index in [-0.39, 0.29) is 0 Å². The Morgan fingerprint density at radius 3 is 3.12 bits per heavy atom. The standard InChI is InChI=1S/C11H14N4O/c12-9-2-1-3-10-11(9)13-14-15(10)6-7-16-8-4-5-8/h1-3,8H,4-7,12H2. The van der Waals surface area contributed by atoms with Crippen LogP contribution in [-0.2, 0) is 11.3 Å². The highest BCUT2D eigenvalue weighted by atomic mass is 16.5. The number of aromatic nitrogens is 3. The summed E-state index contributed by atoms with van der Waals surface area (Å²) in [6.07, 6.45) is 2.88. The molecule has 2 aromatic rings. The van der Waals surface area contributed by atoms with Gasteiger partial charge in [-0.1, -0.05) is 11.3 Å². The summed E-state index contributed by atoms with van der Waals surface area (Å²) in [6, 6.07) is 5.73. The molecule has 5 nitrogen and oxygen atoms in total. The minimum Gasteiger partial charge on any atom is -0.397 e. The lowest BCUT2D eigenvalue weighted by Gasteiger charge is -2.03. The number of nitrogen functional groups attached to an aromatic ring is 1. The van der Waals surface area contributed by atoms with Crippen molar-refractivity contribution in [2.75, 3.05) is 12.3 Å². The van der Waals surface area contributed by atoms with Crippen LogP contribution in [-0.4, -0.2) is 27.7 Å². The lowest BCUT2D eigenvalue weighted by molar-refractivity contribution is 0.110. The fourth-order valence-electron chi connectivity index (χ4n) is 1.72. The summed E-state index contributed by atoms with van der Waals surface area (Å²) in [5.41, 5.74) is 8.23. The monoisotopic (exact) mass is 218 g/mol. The van der Waals surface area contributed by atoms with Crippen LogP contribution in [0.2, 0.25) is 0 Å². The maximum atomic E-state index is 5.81. The van der Waals surface area contributed by atoms with E-state index in [9.17, 15) is 0 Å². The molecule has 0 unspecified atom stereocenters. The van der Waals surface area contributed by atoms with Gasteiger partial charge in [0.05, 0.1) is 30.5 Å². The number of hydrogen-bond donors (Lipinski definition) is 1. The number of fused-ring (bicyclic) bond motifs is 1. The van der Waals surface area contributed by atoms with Gasteiger partial charge in [-0.15, -0.1) is 5.10 Å². The minimum absolute atomic E-state index is 0.486. The molecule has 1 fully saturated rings. The average molecular weight is 218 g/mol. The Morgan fingerprint density at radius 1 is 1.44 bits per heavy atom. The van der Waals surface area contributed by atoms with Gasteiger partial charge in [0.15, 0.2) is 0 Å². The number of nitrogens with two attached hydrogens (primary N) is 1. The molecular formula is C11H14N4O. The summed E-state index contributed by atoms with van der Waals surface area (Å²) in [4.78, 5) is 0. The first-order valence-corrected chi connectivity index (χ1v) is 5.54. The second kappa shape index (κ2) is 3.75. The third-order valence-corrected chi connectivity index (χ3v) is 2.76. The van der Waals surface area contributed by atoms with Gasteiger partial charge >= 0.3 is 0 Å². The van der Waals surface area contributed by atoms with Crippen molar-refractivity contribution in [3.8, 4) is 0 Å². The first kappa shape index (κ1) is 9.59. The van der Waals surface area contributed by atoms with Crippen LogP contribution in [0.5, 0.6) is 0 Å². The highest BCUT2D eigenvalue weighted by Gasteiger charge is 2.21. The van der Waals surface area contributed by atoms with Crippen molar-refractivity contribution in [2.24, 2.45) is 0 Å². The van der Waals surface area contributed by atoms with E-state index in [4.69, 9.17) is 10.5 Å². The van der Waals surface area contributed by atoms with Gasteiger partial charge in [-0.2, -0.15) is 0 Å². The molecule has 1 saturated carbocycles. The second-order valence-corrected chi connectivity index (χ2v) is 4.10. The Kier molecular flexibility index (Phi) is 2.25. The highest BCUT2D eigenvalue weighted by molar-refractivity contribution is 5.86. The molecule has 0 saturated heterocycles. The summed E-state index contributed by atoms with van der Waals surface area (Å²) in [5.74, 6) is 0. The molecule has 1 aromatic carbocycles. The first-order valence-electron chi connectivity index (χ1n) is 5.54. The van der Waals surface area contributed by atoms with E-state index in [0.29, 0.717) is 18.4 Å². The molecule has 5 heteroatoms. The Labute approximate surface area is 93.2 Å². The molecular weight excluding hydrogens is 204 g/mol. The molecule has 3 rings (SSSR count). The molecule has 0 radical (unpaired) electrons. The largest absolute Gasteiger partial charge is 0.397 e. The maximum Gasteiger partial charge on any atom is 0.136 e. The predicted octanol–water partition coefficient (Wildman–Crippen LogP) is 1.19. The maximum absolute atomic E-state index is 5.81. The number of rotatable bonds is 4. The van der Waals surface area contributed by atoms with Crippen LogP contribution in [0.3, 0.4) is 0 Å². The molecule has 1 aliphatic carbocycles. The van der Waals surface area contributed by atoms with E-state index in [1.807, 2.05) is 22.9 Å². The van der Waals surface area contributed by atoms with Crippen LogP contribution >= 0.6 is 0 Å². The number of hydrogen-bond acceptors (Lipinski definition) is 4. The van der Waals surface area contributed by atoms with Crippen molar-refractivity contribution in [1.29, 1.82) is 0 Å². The summed E-state index contributed by atoms with van der Waals surface area (Å²) < 4.78 is 7.43. The average Bonchev–Trinajstić information content (AvgIpc) is 3.00. The van der Waals surface area contributed by atoms with Gasteiger partial charge in [0, 0.05) is 0 Å². The van der Waals surface area contributed by atoms with Crippen LogP contribution < -0.4 is 5.73 Å². The van der Waals surface area contributed by atoms with Gasteiger partial charge in [0.25, 0.3) is 0 Å². The second-order valence-electron chi connectivity index (χ2n) is 4.10. The van der Waals surface area contributed by atoms with Gasteiger partial charge in [-0.05, 0) is 25.0 Å². The molecule has 0 amide bonds. The SMILES string of the molecule is Nc1cccc2c1nnn2CCOC1CC1. The Bertz CT molecular complexity index is 504. The fraction of sp³-hybridized carbons (Fsp3) is 0.455. The lowest BCUT2D eigenvalue weighted by Crippen LogP contribution is -2.08. The normalized spacial score (nSPS) is 15.8. The van der Waals surface area contributed by atoms with Crippen molar-refractivity contribution < 1.29 is 4.74 Å². The van der Waals surface area contributed by atoms with E-state index in [1.54, 1.807) is 0 Å². The third-order valence-electron chi connectivity index (χ3n) is 2.76.